The third kappa shape index (κ3) is 4.62. The second-order valence-electron chi connectivity index (χ2n) is 13.9. The van der Waals surface area contributed by atoms with Crippen LogP contribution in [0, 0.1) is 47.6 Å². The summed E-state index contributed by atoms with van der Waals surface area (Å²) in [5.74, 6) is -5.35. The zero-order valence-electron chi connectivity index (χ0n) is 27.7. The van der Waals surface area contributed by atoms with E-state index in [0.29, 0.717) is 33.0 Å². The summed E-state index contributed by atoms with van der Waals surface area (Å²) in [5, 5.41) is 22.5. The number of fused-ring (bicyclic) bond motifs is 4. The SMILES string of the molecule is Cc1cc([C@H]2C3=CC[C@@H]4C(=O)N(c5ccc([N+](=O)[O-])cc5)C(=O)[C@@H]4[C@@H]3C[C@H]3C(=O)N(c4cccc(Cl)c4)C(=O)[C@@]23c2ccccc2)cc(C)c1O. The van der Waals surface area contributed by atoms with E-state index in [1.807, 2.05) is 48.5 Å². The van der Waals surface area contributed by atoms with Crippen molar-refractivity contribution >= 4 is 52.3 Å². The number of carbonyl (C=O) groups is 4. The average molecular weight is 702 g/mol. The maximum Gasteiger partial charge on any atom is 0.269 e. The van der Waals surface area contributed by atoms with Crippen molar-refractivity contribution in [2.24, 2.45) is 23.7 Å². The second kappa shape index (κ2) is 11.7. The molecule has 4 amide bonds. The number of carbonyl (C=O) groups excluding carboxylic acids is 4. The highest BCUT2D eigenvalue weighted by molar-refractivity contribution is 6.32. The van der Waals surface area contributed by atoms with Crippen molar-refractivity contribution in [1.29, 1.82) is 0 Å². The number of anilines is 2. The molecule has 2 saturated heterocycles. The predicted octanol–water partition coefficient (Wildman–Crippen LogP) is 6.94. The highest BCUT2D eigenvalue weighted by Crippen LogP contribution is 2.64. The van der Waals surface area contributed by atoms with E-state index < -0.39 is 63.6 Å². The fourth-order valence-corrected chi connectivity index (χ4v) is 9.44. The first-order chi connectivity index (χ1) is 24.4. The molecule has 256 valence electrons. The Morgan fingerprint density at radius 2 is 1.49 bits per heavy atom. The van der Waals surface area contributed by atoms with Gasteiger partial charge in [-0.2, -0.15) is 0 Å². The van der Waals surface area contributed by atoms with Crippen LogP contribution in [-0.2, 0) is 24.6 Å². The Bertz CT molecular complexity index is 2200. The lowest BCUT2D eigenvalue weighted by molar-refractivity contribution is -0.384. The number of aryl methyl sites for hydroxylation is 2. The van der Waals surface area contributed by atoms with Crippen molar-refractivity contribution in [3.8, 4) is 5.75 Å². The van der Waals surface area contributed by atoms with Gasteiger partial charge in [-0.25, -0.2) is 4.90 Å². The van der Waals surface area contributed by atoms with Gasteiger partial charge in [0.05, 0.1) is 39.5 Å². The van der Waals surface area contributed by atoms with Crippen LogP contribution in [0.15, 0.2) is 103 Å². The molecule has 4 aliphatic rings. The van der Waals surface area contributed by atoms with Gasteiger partial charge in [0.15, 0.2) is 0 Å². The van der Waals surface area contributed by atoms with Crippen LogP contribution in [0.4, 0.5) is 17.1 Å². The average Bonchev–Trinajstić information content (AvgIpc) is 3.51. The largest absolute Gasteiger partial charge is 0.507 e. The number of amides is 4. The third-order valence-electron chi connectivity index (χ3n) is 11.3. The number of phenols is 1. The standard InChI is InChI=1S/C40H32ClN3O7/c1-21-17-23(18-22(2)35(21)45)34-29-15-16-30-33(38(48)42(36(30)46)26-11-13-27(14-12-26)44(50)51)31(29)20-32-37(47)43(28-10-6-9-25(41)19-28)39(49)40(32,34)24-7-4-3-5-8-24/h3-15,17-19,30-34,45H,16,20H2,1-2H3/t30-,31+,32-,33-,34-,40+/m0/s1. The van der Waals surface area contributed by atoms with Crippen molar-refractivity contribution in [1.82, 2.24) is 0 Å². The Hall–Kier alpha value is -5.61. The van der Waals surface area contributed by atoms with Crippen LogP contribution < -0.4 is 9.80 Å². The Kier molecular flexibility index (Phi) is 7.50. The molecule has 10 nitrogen and oxygen atoms in total. The van der Waals surface area contributed by atoms with Gasteiger partial charge in [0.2, 0.25) is 23.6 Å². The fraction of sp³-hybridized carbons (Fsp3) is 0.250. The van der Waals surface area contributed by atoms with Crippen LogP contribution in [0.5, 0.6) is 5.75 Å². The lowest BCUT2D eigenvalue weighted by Gasteiger charge is -2.51. The molecule has 0 bridgehead atoms. The number of aromatic hydroxyl groups is 1. The monoisotopic (exact) mass is 701 g/mol. The van der Waals surface area contributed by atoms with Crippen LogP contribution in [0.3, 0.4) is 0 Å². The van der Waals surface area contributed by atoms with Gasteiger partial charge in [-0.05, 0) is 85.2 Å². The van der Waals surface area contributed by atoms with Gasteiger partial charge in [0.25, 0.3) is 5.69 Å². The molecule has 2 aliphatic carbocycles. The number of hydrogen-bond acceptors (Lipinski definition) is 7. The van der Waals surface area contributed by atoms with Crippen molar-refractivity contribution in [3.63, 3.8) is 0 Å². The van der Waals surface area contributed by atoms with Gasteiger partial charge in [0.1, 0.15) is 5.75 Å². The molecule has 8 rings (SSSR count). The van der Waals surface area contributed by atoms with Gasteiger partial charge in [-0.15, -0.1) is 0 Å². The smallest absolute Gasteiger partial charge is 0.269 e. The van der Waals surface area contributed by atoms with Crippen molar-refractivity contribution < 1.29 is 29.2 Å². The first kappa shape index (κ1) is 32.6. The molecule has 0 aromatic heterocycles. The summed E-state index contributed by atoms with van der Waals surface area (Å²) < 4.78 is 0. The Labute approximate surface area is 298 Å². The number of hydrogen-bond donors (Lipinski definition) is 1. The molecule has 2 aliphatic heterocycles. The molecule has 4 aromatic carbocycles. The van der Waals surface area contributed by atoms with Gasteiger partial charge in [-0.1, -0.05) is 71.8 Å². The maximum absolute atomic E-state index is 15.3. The molecule has 0 spiro atoms. The molecule has 0 unspecified atom stereocenters. The highest BCUT2D eigenvalue weighted by atomic mass is 35.5. The summed E-state index contributed by atoms with van der Waals surface area (Å²) >= 11 is 6.39. The Morgan fingerprint density at radius 3 is 2.14 bits per heavy atom. The van der Waals surface area contributed by atoms with Gasteiger partial charge >= 0.3 is 0 Å². The van der Waals surface area contributed by atoms with Crippen molar-refractivity contribution in [3.05, 3.63) is 140 Å². The third-order valence-corrected chi connectivity index (χ3v) is 11.6. The van der Waals surface area contributed by atoms with Crippen LogP contribution in [-0.4, -0.2) is 33.7 Å². The quantitative estimate of drug-likeness (QED) is 0.103. The van der Waals surface area contributed by atoms with Crippen LogP contribution >= 0.6 is 11.6 Å². The summed E-state index contributed by atoms with van der Waals surface area (Å²) in [6.07, 6.45) is 2.33. The molecule has 3 fully saturated rings. The van der Waals surface area contributed by atoms with Crippen molar-refractivity contribution in [2.75, 3.05) is 9.80 Å². The number of phenolic OH excluding ortho intramolecular Hbond substituents is 1. The molecule has 0 radical (unpaired) electrons. The molecule has 1 N–H and O–H groups in total. The second-order valence-corrected chi connectivity index (χ2v) is 14.3. The molecule has 2 heterocycles. The van der Waals surface area contributed by atoms with E-state index in [9.17, 15) is 29.6 Å². The topological polar surface area (TPSA) is 138 Å². The van der Waals surface area contributed by atoms with E-state index >= 15 is 4.79 Å². The number of rotatable bonds is 5. The molecule has 51 heavy (non-hydrogen) atoms. The van der Waals surface area contributed by atoms with Gasteiger partial charge in [0, 0.05) is 23.1 Å². The lowest BCUT2D eigenvalue weighted by atomic mass is 9.49. The fourth-order valence-electron chi connectivity index (χ4n) is 9.25. The summed E-state index contributed by atoms with van der Waals surface area (Å²) in [4.78, 5) is 71.8. The minimum absolute atomic E-state index is 0.124. The first-order valence-electron chi connectivity index (χ1n) is 16.8. The summed E-state index contributed by atoms with van der Waals surface area (Å²) in [7, 11) is 0. The zero-order chi connectivity index (χ0) is 35.9. The number of benzene rings is 4. The number of nitro groups is 1. The van der Waals surface area contributed by atoms with Crippen LogP contribution in [0.25, 0.3) is 0 Å². The zero-order valence-corrected chi connectivity index (χ0v) is 28.4. The van der Waals surface area contributed by atoms with E-state index in [2.05, 4.69) is 0 Å². The number of allylic oxidation sites excluding steroid dienone is 2. The van der Waals surface area contributed by atoms with E-state index in [-0.39, 0.29) is 30.0 Å². The summed E-state index contributed by atoms with van der Waals surface area (Å²) in [6.45, 7) is 3.57. The molecular weight excluding hydrogens is 670 g/mol. The first-order valence-corrected chi connectivity index (χ1v) is 17.1. The Balaban J connectivity index is 1.34. The predicted molar refractivity (Wildman–Crippen MR) is 189 cm³/mol. The van der Waals surface area contributed by atoms with Crippen molar-refractivity contribution in [2.45, 2.75) is 38.0 Å². The molecule has 11 heteroatoms. The van der Waals surface area contributed by atoms with E-state index in [4.69, 9.17) is 11.6 Å². The van der Waals surface area contributed by atoms with E-state index in [1.54, 1.807) is 38.1 Å². The molecule has 1 saturated carbocycles. The summed E-state index contributed by atoms with van der Waals surface area (Å²) in [6, 6.07) is 24.8. The highest BCUT2D eigenvalue weighted by Gasteiger charge is 2.70. The van der Waals surface area contributed by atoms with Gasteiger partial charge < -0.3 is 5.11 Å². The maximum atomic E-state index is 15.3. The van der Waals surface area contributed by atoms with Crippen LogP contribution in [0.2, 0.25) is 5.02 Å². The normalized spacial score (nSPS) is 26.9. The number of non-ortho nitro benzene ring substituents is 1. The molecule has 6 atom stereocenters. The summed E-state index contributed by atoms with van der Waals surface area (Å²) in [5.41, 5.74) is 2.32. The minimum atomic E-state index is -1.44. The number of imide groups is 2. The van der Waals surface area contributed by atoms with Crippen LogP contribution in [0.1, 0.15) is 41.0 Å². The number of nitrogens with zero attached hydrogens (tertiary/aromatic N) is 3. The van der Waals surface area contributed by atoms with E-state index in [0.717, 1.165) is 10.5 Å². The number of nitro benzene ring substituents is 1. The van der Waals surface area contributed by atoms with E-state index in [1.165, 1.54) is 29.2 Å². The van der Waals surface area contributed by atoms with Gasteiger partial charge in [-0.3, -0.25) is 34.2 Å². The minimum Gasteiger partial charge on any atom is -0.507 e. The number of halogens is 1. The molecular formula is C40H32ClN3O7. The lowest BCUT2D eigenvalue weighted by Crippen LogP contribution is -2.53. The molecule has 4 aromatic rings. The Morgan fingerprint density at radius 1 is 0.804 bits per heavy atom.